The Kier molecular flexibility index (Phi) is 1.94. The van der Waals surface area contributed by atoms with Gasteiger partial charge in [-0.05, 0) is 19.3 Å². The molecule has 1 aliphatic rings. The predicted octanol–water partition coefficient (Wildman–Crippen LogP) is 1.50. The van der Waals surface area contributed by atoms with Crippen molar-refractivity contribution in [2.75, 3.05) is 0 Å². The van der Waals surface area contributed by atoms with Gasteiger partial charge in [0.1, 0.15) is 0 Å². The van der Waals surface area contributed by atoms with Gasteiger partial charge in [-0.1, -0.05) is 6.92 Å². The molecule has 1 heterocycles. The summed E-state index contributed by atoms with van der Waals surface area (Å²) in [6, 6.07) is 0. The van der Waals surface area contributed by atoms with Crippen molar-refractivity contribution in [3.05, 3.63) is 17.0 Å². The number of nitrogens with zero attached hydrogens (tertiary/aromatic N) is 2. The Morgan fingerprint density at radius 3 is 2.92 bits per heavy atom. The molecular weight excluding hydrogens is 164 g/mol. The van der Waals surface area contributed by atoms with E-state index in [1.165, 1.54) is 0 Å². The van der Waals surface area contributed by atoms with E-state index in [0.717, 1.165) is 36.2 Å². The van der Waals surface area contributed by atoms with Crippen molar-refractivity contribution in [1.29, 1.82) is 0 Å². The molecule has 0 amide bonds. The molecule has 2 rings (SSSR count). The van der Waals surface area contributed by atoms with Crippen LogP contribution in [0.2, 0.25) is 0 Å². The largest absolute Gasteiger partial charge is 0.294 e. The van der Waals surface area contributed by atoms with E-state index in [0.29, 0.717) is 6.42 Å². The molecule has 0 saturated carbocycles. The third-order valence-electron chi connectivity index (χ3n) is 2.67. The second kappa shape index (κ2) is 2.98. The van der Waals surface area contributed by atoms with E-state index in [4.69, 9.17) is 0 Å². The quantitative estimate of drug-likeness (QED) is 0.653. The number of aromatic nitrogens is 2. The van der Waals surface area contributed by atoms with Gasteiger partial charge in [-0.15, -0.1) is 0 Å². The van der Waals surface area contributed by atoms with E-state index in [1.54, 1.807) is 0 Å². The van der Waals surface area contributed by atoms with Crippen LogP contribution in [-0.4, -0.2) is 15.6 Å². The van der Waals surface area contributed by atoms with E-state index in [1.807, 2.05) is 18.7 Å². The topological polar surface area (TPSA) is 34.9 Å². The molecule has 0 aromatic carbocycles. The average molecular weight is 178 g/mol. The van der Waals surface area contributed by atoms with Crippen LogP contribution < -0.4 is 0 Å². The molecule has 0 unspecified atom stereocenters. The van der Waals surface area contributed by atoms with Crippen LogP contribution in [0, 0.1) is 0 Å². The van der Waals surface area contributed by atoms with E-state index in [-0.39, 0.29) is 5.78 Å². The van der Waals surface area contributed by atoms with Crippen molar-refractivity contribution in [1.82, 2.24) is 9.78 Å². The van der Waals surface area contributed by atoms with Crippen molar-refractivity contribution in [2.45, 2.75) is 32.6 Å². The highest BCUT2D eigenvalue weighted by molar-refractivity contribution is 5.99. The maximum atomic E-state index is 11.6. The lowest BCUT2D eigenvalue weighted by atomic mass is 9.94. The fourth-order valence-electron chi connectivity index (χ4n) is 2.02. The lowest BCUT2D eigenvalue weighted by Gasteiger charge is -2.11. The Hall–Kier alpha value is -1.12. The summed E-state index contributed by atoms with van der Waals surface area (Å²) in [5.41, 5.74) is 3.02. The molecule has 1 aliphatic carbocycles. The number of fused-ring (bicyclic) bond motifs is 1. The van der Waals surface area contributed by atoms with Crippen molar-refractivity contribution >= 4 is 5.78 Å². The van der Waals surface area contributed by atoms with Crippen LogP contribution in [0.15, 0.2) is 0 Å². The minimum atomic E-state index is 0.284. The van der Waals surface area contributed by atoms with Crippen LogP contribution in [0.4, 0.5) is 0 Å². The normalized spacial score (nSPS) is 16.0. The van der Waals surface area contributed by atoms with Gasteiger partial charge in [-0.3, -0.25) is 9.48 Å². The summed E-state index contributed by atoms with van der Waals surface area (Å²) in [6.45, 7) is 2.05. The number of Topliss-reactive ketones (excluding diaryl/α,β-unsaturated/α-hetero) is 1. The SMILES string of the molecule is CCc1nn(C)c2c1C(=O)CCC2. The summed E-state index contributed by atoms with van der Waals surface area (Å²) >= 11 is 0. The number of hydrogen-bond acceptors (Lipinski definition) is 2. The van der Waals surface area contributed by atoms with Gasteiger partial charge in [0.2, 0.25) is 0 Å². The number of carbonyl (C=O) groups is 1. The summed E-state index contributed by atoms with van der Waals surface area (Å²) in [7, 11) is 1.93. The Labute approximate surface area is 77.7 Å². The minimum Gasteiger partial charge on any atom is -0.294 e. The summed E-state index contributed by atoms with van der Waals surface area (Å²) in [5, 5.41) is 4.36. The lowest BCUT2D eigenvalue weighted by molar-refractivity contribution is 0.0971. The van der Waals surface area contributed by atoms with Crippen molar-refractivity contribution in [3.63, 3.8) is 0 Å². The summed E-state index contributed by atoms with van der Waals surface area (Å²) in [6.07, 6.45) is 3.54. The van der Waals surface area contributed by atoms with Crippen molar-refractivity contribution < 1.29 is 4.79 Å². The molecule has 0 saturated heterocycles. The second-order valence-electron chi connectivity index (χ2n) is 3.52. The molecule has 0 spiro atoms. The molecule has 13 heavy (non-hydrogen) atoms. The molecule has 1 aromatic rings. The number of aryl methyl sites for hydroxylation is 2. The van der Waals surface area contributed by atoms with Gasteiger partial charge >= 0.3 is 0 Å². The third-order valence-corrected chi connectivity index (χ3v) is 2.67. The van der Waals surface area contributed by atoms with E-state index in [2.05, 4.69) is 5.10 Å². The predicted molar refractivity (Wildman–Crippen MR) is 49.9 cm³/mol. The van der Waals surface area contributed by atoms with Crippen LogP contribution in [-0.2, 0) is 19.9 Å². The van der Waals surface area contributed by atoms with E-state index in [9.17, 15) is 4.79 Å². The fourth-order valence-corrected chi connectivity index (χ4v) is 2.02. The Morgan fingerprint density at radius 2 is 2.23 bits per heavy atom. The maximum Gasteiger partial charge on any atom is 0.166 e. The monoisotopic (exact) mass is 178 g/mol. The molecule has 0 fully saturated rings. The first-order chi connectivity index (χ1) is 6.24. The number of ketones is 1. The molecule has 0 bridgehead atoms. The van der Waals surface area contributed by atoms with Crippen molar-refractivity contribution in [2.24, 2.45) is 7.05 Å². The highest BCUT2D eigenvalue weighted by atomic mass is 16.1. The summed E-state index contributed by atoms with van der Waals surface area (Å²) in [4.78, 5) is 11.6. The molecule has 3 nitrogen and oxygen atoms in total. The maximum absolute atomic E-state index is 11.6. The first kappa shape index (κ1) is 8.48. The first-order valence-corrected chi connectivity index (χ1v) is 4.82. The number of rotatable bonds is 1. The molecule has 0 radical (unpaired) electrons. The average Bonchev–Trinajstić information content (AvgIpc) is 2.45. The molecule has 0 aliphatic heterocycles. The van der Waals surface area contributed by atoms with Crippen LogP contribution in [0.25, 0.3) is 0 Å². The third kappa shape index (κ3) is 1.19. The van der Waals surface area contributed by atoms with E-state index >= 15 is 0 Å². The molecule has 0 atom stereocenters. The summed E-state index contributed by atoms with van der Waals surface area (Å²) in [5.74, 6) is 0.284. The second-order valence-corrected chi connectivity index (χ2v) is 3.52. The number of carbonyl (C=O) groups excluding carboxylic acids is 1. The smallest absolute Gasteiger partial charge is 0.166 e. The zero-order valence-corrected chi connectivity index (χ0v) is 8.13. The van der Waals surface area contributed by atoms with Gasteiger partial charge in [0.25, 0.3) is 0 Å². The van der Waals surface area contributed by atoms with Gasteiger partial charge in [-0.2, -0.15) is 5.10 Å². The van der Waals surface area contributed by atoms with Gasteiger partial charge < -0.3 is 0 Å². The molecule has 1 aromatic heterocycles. The molecule has 70 valence electrons. The Balaban J connectivity index is 2.58. The Morgan fingerprint density at radius 1 is 1.46 bits per heavy atom. The number of hydrogen-bond donors (Lipinski definition) is 0. The van der Waals surface area contributed by atoms with E-state index < -0.39 is 0 Å². The van der Waals surface area contributed by atoms with Crippen LogP contribution >= 0.6 is 0 Å². The standard InChI is InChI=1S/C10H14N2O/c1-3-7-10-8(12(2)11-7)5-4-6-9(10)13/h3-6H2,1-2H3. The minimum absolute atomic E-state index is 0.284. The molecular formula is C10H14N2O. The van der Waals surface area contributed by atoms with Crippen LogP contribution in [0.3, 0.4) is 0 Å². The van der Waals surface area contributed by atoms with Gasteiger partial charge in [0, 0.05) is 19.2 Å². The van der Waals surface area contributed by atoms with Crippen LogP contribution in [0.1, 0.15) is 41.5 Å². The first-order valence-electron chi connectivity index (χ1n) is 4.82. The lowest BCUT2D eigenvalue weighted by Crippen LogP contribution is -2.12. The Bertz CT molecular complexity index is 352. The van der Waals surface area contributed by atoms with Gasteiger partial charge in [-0.25, -0.2) is 0 Å². The summed E-state index contributed by atoms with van der Waals surface area (Å²) < 4.78 is 1.87. The van der Waals surface area contributed by atoms with Gasteiger partial charge in [0.15, 0.2) is 5.78 Å². The molecule has 3 heteroatoms. The van der Waals surface area contributed by atoms with Crippen LogP contribution in [0.5, 0.6) is 0 Å². The highest BCUT2D eigenvalue weighted by Gasteiger charge is 2.24. The zero-order chi connectivity index (χ0) is 9.42. The van der Waals surface area contributed by atoms with Gasteiger partial charge in [0.05, 0.1) is 11.3 Å². The zero-order valence-electron chi connectivity index (χ0n) is 8.13. The highest BCUT2D eigenvalue weighted by Crippen LogP contribution is 2.23. The van der Waals surface area contributed by atoms with Crippen molar-refractivity contribution in [3.8, 4) is 0 Å². The molecule has 0 N–H and O–H groups in total. The fraction of sp³-hybridized carbons (Fsp3) is 0.600.